The standard InChI is InChI=1S/C12H14ClFN4/c1-3-10-11(15)12(18(2)17-10)16-7-4-5-9(14)8(13)6-7/h4-6,16H,3,15H2,1-2H3. The number of nitrogens with one attached hydrogen (secondary N) is 1. The minimum atomic E-state index is -0.450. The van der Waals surface area contributed by atoms with Crippen LogP contribution in [0.25, 0.3) is 0 Å². The van der Waals surface area contributed by atoms with Crippen LogP contribution in [0.3, 0.4) is 0 Å². The molecule has 0 saturated carbocycles. The SMILES string of the molecule is CCc1nn(C)c(Nc2ccc(F)c(Cl)c2)c1N. The second-order valence-electron chi connectivity index (χ2n) is 3.94. The van der Waals surface area contributed by atoms with Crippen LogP contribution in [0.5, 0.6) is 0 Å². The molecule has 1 heterocycles. The molecular formula is C12H14ClFN4. The Hall–Kier alpha value is -1.75. The first-order valence-electron chi connectivity index (χ1n) is 5.56. The quantitative estimate of drug-likeness (QED) is 0.899. The van der Waals surface area contributed by atoms with Gasteiger partial charge in [0.2, 0.25) is 0 Å². The number of nitrogens with two attached hydrogens (primary N) is 1. The fraction of sp³-hybridized carbons (Fsp3) is 0.250. The Kier molecular flexibility index (Phi) is 3.43. The Bertz CT molecular complexity index is 580. The molecule has 96 valence electrons. The number of hydrogen-bond acceptors (Lipinski definition) is 3. The Labute approximate surface area is 110 Å². The van der Waals surface area contributed by atoms with Gasteiger partial charge in [-0.15, -0.1) is 0 Å². The number of benzene rings is 1. The third-order valence-electron chi connectivity index (χ3n) is 2.68. The molecular weight excluding hydrogens is 255 g/mol. The predicted octanol–water partition coefficient (Wildman–Crippen LogP) is 3.10. The summed E-state index contributed by atoms with van der Waals surface area (Å²) in [7, 11) is 1.79. The fourth-order valence-corrected chi connectivity index (χ4v) is 1.90. The topological polar surface area (TPSA) is 55.9 Å². The number of nitrogen functional groups attached to an aromatic ring is 1. The van der Waals surface area contributed by atoms with Crippen LogP contribution in [0, 0.1) is 5.82 Å². The van der Waals surface area contributed by atoms with Crippen LogP contribution in [0.2, 0.25) is 5.02 Å². The van der Waals surface area contributed by atoms with Crippen molar-refractivity contribution in [3.8, 4) is 0 Å². The molecule has 4 nitrogen and oxygen atoms in total. The van der Waals surface area contributed by atoms with Gasteiger partial charge in [0.15, 0.2) is 5.82 Å². The Morgan fingerprint density at radius 1 is 1.50 bits per heavy atom. The first kappa shape index (κ1) is 12.7. The van der Waals surface area contributed by atoms with Crippen molar-refractivity contribution in [2.45, 2.75) is 13.3 Å². The summed E-state index contributed by atoms with van der Waals surface area (Å²) in [4.78, 5) is 0. The summed E-state index contributed by atoms with van der Waals surface area (Å²) in [6.45, 7) is 1.98. The van der Waals surface area contributed by atoms with Crippen LogP contribution < -0.4 is 11.1 Å². The summed E-state index contributed by atoms with van der Waals surface area (Å²) < 4.78 is 14.7. The van der Waals surface area contributed by atoms with Crippen molar-refractivity contribution >= 4 is 28.8 Å². The normalized spacial score (nSPS) is 10.7. The molecule has 0 atom stereocenters. The van der Waals surface area contributed by atoms with E-state index in [9.17, 15) is 4.39 Å². The molecule has 0 aliphatic carbocycles. The van der Waals surface area contributed by atoms with Crippen molar-refractivity contribution in [2.24, 2.45) is 7.05 Å². The maximum Gasteiger partial charge on any atom is 0.152 e. The summed E-state index contributed by atoms with van der Waals surface area (Å²) in [5, 5.41) is 7.44. The molecule has 1 aromatic carbocycles. The molecule has 18 heavy (non-hydrogen) atoms. The molecule has 0 amide bonds. The number of aryl methyl sites for hydroxylation is 2. The molecule has 0 fully saturated rings. The second kappa shape index (κ2) is 4.86. The highest BCUT2D eigenvalue weighted by Gasteiger charge is 2.12. The van der Waals surface area contributed by atoms with E-state index < -0.39 is 5.82 Å². The van der Waals surface area contributed by atoms with Crippen molar-refractivity contribution < 1.29 is 4.39 Å². The van der Waals surface area contributed by atoms with Crippen molar-refractivity contribution in [3.05, 3.63) is 34.7 Å². The van der Waals surface area contributed by atoms with Crippen molar-refractivity contribution in [2.75, 3.05) is 11.1 Å². The van der Waals surface area contributed by atoms with E-state index in [1.165, 1.54) is 12.1 Å². The van der Waals surface area contributed by atoms with E-state index in [-0.39, 0.29) is 5.02 Å². The number of halogens is 2. The summed E-state index contributed by atoms with van der Waals surface area (Å²) in [6, 6.07) is 4.41. The minimum Gasteiger partial charge on any atom is -0.394 e. The van der Waals surface area contributed by atoms with Gasteiger partial charge in [0.05, 0.1) is 16.4 Å². The monoisotopic (exact) mass is 268 g/mol. The molecule has 6 heteroatoms. The van der Waals surface area contributed by atoms with Crippen molar-refractivity contribution in [1.29, 1.82) is 0 Å². The lowest BCUT2D eigenvalue weighted by Gasteiger charge is -2.08. The van der Waals surface area contributed by atoms with E-state index in [0.29, 0.717) is 17.2 Å². The Morgan fingerprint density at radius 2 is 2.22 bits per heavy atom. The van der Waals surface area contributed by atoms with Gasteiger partial charge in [0, 0.05) is 12.7 Å². The van der Waals surface area contributed by atoms with Gasteiger partial charge in [-0.3, -0.25) is 4.68 Å². The van der Waals surface area contributed by atoms with Crippen LogP contribution in [-0.4, -0.2) is 9.78 Å². The maximum absolute atomic E-state index is 13.1. The molecule has 1 aromatic heterocycles. The van der Waals surface area contributed by atoms with Gasteiger partial charge >= 0.3 is 0 Å². The first-order valence-corrected chi connectivity index (χ1v) is 5.94. The number of rotatable bonds is 3. The summed E-state index contributed by atoms with van der Waals surface area (Å²) in [5.41, 5.74) is 8.07. The highest BCUT2D eigenvalue weighted by Crippen LogP contribution is 2.28. The number of hydrogen-bond donors (Lipinski definition) is 2. The van der Waals surface area contributed by atoms with Gasteiger partial charge < -0.3 is 11.1 Å². The Balaban J connectivity index is 2.33. The second-order valence-corrected chi connectivity index (χ2v) is 4.35. The van der Waals surface area contributed by atoms with Crippen LogP contribution in [0.1, 0.15) is 12.6 Å². The lowest BCUT2D eigenvalue weighted by Crippen LogP contribution is -2.01. The summed E-state index contributed by atoms with van der Waals surface area (Å²) in [5.74, 6) is 0.226. The third kappa shape index (κ3) is 2.26. The van der Waals surface area contributed by atoms with Gasteiger partial charge in [0.25, 0.3) is 0 Å². The van der Waals surface area contributed by atoms with Gasteiger partial charge in [-0.05, 0) is 24.6 Å². The molecule has 0 spiro atoms. The highest BCUT2D eigenvalue weighted by atomic mass is 35.5. The Morgan fingerprint density at radius 3 is 2.78 bits per heavy atom. The first-order chi connectivity index (χ1) is 8.52. The van der Waals surface area contributed by atoms with E-state index in [1.54, 1.807) is 17.8 Å². The smallest absolute Gasteiger partial charge is 0.152 e. The molecule has 0 aliphatic rings. The summed E-state index contributed by atoms with van der Waals surface area (Å²) >= 11 is 5.72. The van der Waals surface area contributed by atoms with Crippen LogP contribution in [0.15, 0.2) is 18.2 Å². The highest BCUT2D eigenvalue weighted by molar-refractivity contribution is 6.31. The van der Waals surface area contributed by atoms with Gasteiger partial charge in [-0.1, -0.05) is 18.5 Å². The van der Waals surface area contributed by atoms with Gasteiger partial charge in [-0.2, -0.15) is 5.10 Å². The van der Waals surface area contributed by atoms with Gasteiger partial charge in [0.1, 0.15) is 5.82 Å². The summed E-state index contributed by atoms with van der Waals surface area (Å²) in [6.07, 6.45) is 0.755. The molecule has 0 saturated heterocycles. The van der Waals surface area contributed by atoms with Crippen LogP contribution >= 0.6 is 11.6 Å². The number of aromatic nitrogens is 2. The zero-order chi connectivity index (χ0) is 13.3. The van der Waals surface area contributed by atoms with E-state index >= 15 is 0 Å². The number of nitrogens with zero attached hydrogens (tertiary/aromatic N) is 2. The van der Waals surface area contributed by atoms with Crippen molar-refractivity contribution in [3.63, 3.8) is 0 Å². The largest absolute Gasteiger partial charge is 0.394 e. The lowest BCUT2D eigenvalue weighted by molar-refractivity contribution is 0.628. The molecule has 3 N–H and O–H groups in total. The average molecular weight is 269 g/mol. The van der Waals surface area contributed by atoms with E-state index in [4.69, 9.17) is 17.3 Å². The average Bonchev–Trinajstić information content (AvgIpc) is 2.61. The third-order valence-corrected chi connectivity index (χ3v) is 2.97. The van der Waals surface area contributed by atoms with Crippen LogP contribution in [0.4, 0.5) is 21.6 Å². The zero-order valence-corrected chi connectivity index (χ0v) is 10.9. The molecule has 0 bridgehead atoms. The maximum atomic E-state index is 13.1. The van der Waals surface area contributed by atoms with E-state index in [1.807, 2.05) is 6.92 Å². The molecule has 0 aliphatic heterocycles. The predicted molar refractivity (Wildman–Crippen MR) is 71.7 cm³/mol. The fourth-order valence-electron chi connectivity index (χ4n) is 1.72. The van der Waals surface area contributed by atoms with E-state index in [0.717, 1.165) is 12.1 Å². The van der Waals surface area contributed by atoms with Crippen LogP contribution in [-0.2, 0) is 13.5 Å². The zero-order valence-electron chi connectivity index (χ0n) is 10.2. The molecule has 0 unspecified atom stereocenters. The minimum absolute atomic E-state index is 0.0662. The molecule has 0 radical (unpaired) electrons. The number of anilines is 3. The lowest BCUT2D eigenvalue weighted by atomic mass is 10.2. The van der Waals surface area contributed by atoms with Crippen molar-refractivity contribution in [1.82, 2.24) is 9.78 Å². The van der Waals surface area contributed by atoms with Gasteiger partial charge in [-0.25, -0.2) is 4.39 Å². The molecule has 2 rings (SSSR count). The molecule has 2 aromatic rings. The van der Waals surface area contributed by atoms with E-state index in [2.05, 4.69) is 10.4 Å².